The molecule has 4 nitrogen and oxygen atoms in total. The second kappa shape index (κ2) is 4.53. The molecule has 1 aromatic rings. The van der Waals surface area contributed by atoms with Gasteiger partial charge in [-0.05, 0) is 18.6 Å². The molecule has 2 aliphatic heterocycles. The summed E-state index contributed by atoms with van der Waals surface area (Å²) in [5, 5.41) is 18.3. The number of hydrogen-bond donors (Lipinski definition) is 0. The fraction of sp³-hybridized carbons (Fsp3) is 0.429. The lowest BCUT2D eigenvalue weighted by molar-refractivity contribution is 0.260. The zero-order valence-corrected chi connectivity index (χ0v) is 10.4. The van der Waals surface area contributed by atoms with Gasteiger partial charge in [-0.15, -0.1) is 0 Å². The van der Waals surface area contributed by atoms with Crippen LogP contribution in [0.5, 0.6) is 0 Å². The van der Waals surface area contributed by atoms with Gasteiger partial charge in [0.2, 0.25) is 0 Å². The second-order valence-corrected chi connectivity index (χ2v) is 4.98. The summed E-state index contributed by atoms with van der Waals surface area (Å²) in [6, 6.07) is 9.02. The van der Waals surface area contributed by atoms with E-state index in [0.29, 0.717) is 12.2 Å². The Kier molecular flexibility index (Phi) is 2.85. The van der Waals surface area contributed by atoms with Crippen LogP contribution in [0.25, 0.3) is 0 Å². The van der Waals surface area contributed by atoms with Crippen molar-refractivity contribution in [2.24, 2.45) is 0 Å². The molecular weight excluding hydrogens is 243 g/mol. The third-order valence-corrected chi connectivity index (χ3v) is 4.01. The Hall–Kier alpha value is -2.11. The quantitative estimate of drug-likeness (QED) is 0.763. The molecule has 2 fully saturated rings. The summed E-state index contributed by atoms with van der Waals surface area (Å²) in [5.74, 6) is -0.492. The first-order chi connectivity index (χ1) is 9.24. The zero-order valence-electron chi connectivity index (χ0n) is 10.4. The van der Waals surface area contributed by atoms with Crippen LogP contribution in [0.15, 0.2) is 18.2 Å². The highest BCUT2D eigenvalue weighted by Crippen LogP contribution is 2.32. The largest absolute Gasteiger partial charge is 0.363 e. The van der Waals surface area contributed by atoms with E-state index in [9.17, 15) is 9.65 Å². The van der Waals surface area contributed by atoms with E-state index in [0.717, 1.165) is 19.5 Å². The molecule has 1 aromatic carbocycles. The second-order valence-electron chi connectivity index (χ2n) is 4.98. The maximum absolute atomic E-state index is 13.7. The van der Waals surface area contributed by atoms with Crippen LogP contribution in [0.2, 0.25) is 0 Å². The Balaban J connectivity index is 2.01. The van der Waals surface area contributed by atoms with Crippen LogP contribution in [0.4, 0.5) is 10.1 Å². The number of hydrogen-bond acceptors (Lipinski definition) is 4. The van der Waals surface area contributed by atoms with Gasteiger partial charge in [-0.25, -0.2) is 4.39 Å². The Morgan fingerprint density at radius 1 is 1.26 bits per heavy atom. The van der Waals surface area contributed by atoms with Gasteiger partial charge in [0.25, 0.3) is 0 Å². The first-order valence-corrected chi connectivity index (χ1v) is 6.33. The van der Waals surface area contributed by atoms with E-state index in [-0.39, 0.29) is 17.6 Å². The van der Waals surface area contributed by atoms with Crippen molar-refractivity contribution < 1.29 is 4.39 Å². The van der Waals surface area contributed by atoms with Crippen molar-refractivity contribution in [1.82, 2.24) is 4.90 Å². The zero-order chi connectivity index (χ0) is 13.4. The number of nitrogens with zero attached hydrogens (tertiary/aromatic N) is 4. The molecule has 2 aliphatic rings. The van der Waals surface area contributed by atoms with E-state index in [1.165, 1.54) is 6.07 Å². The predicted molar refractivity (Wildman–Crippen MR) is 67.8 cm³/mol. The molecular formula is C14H13FN4. The Morgan fingerprint density at radius 3 is 2.84 bits per heavy atom. The van der Waals surface area contributed by atoms with E-state index < -0.39 is 5.82 Å². The number of anilines is 1. The van der Waals surface area contributed by atoms with Crippen LogP contribution >= 0.6 is 0 Å². The molecule has 0 spiro atoms. The van der Waals surface area contributed by atoms with Crippen LogP contribution in [-0.2, 0) is 0 Å². The molecule has 5 heteroatoms. The third-order valence-electron chi connectivity index (χ3n) is 4.01. The summed E-state index contributed by atoms with van der Waals surface area (Å²) in [6.07, 6.45) is 0.958. The number of benzene rings is 1. The van der Waals surface area contributed by atoms with E-state index in [1.807, 2.05) is 11.0 Å². The minimum absolute atomic E-state index is 0.0829. The highest BCUT2D eigenvalue weighted by atomic mass is 19.1. The minimum Gasteiger partial charge on any atom is -0.363 e. The van der Waals surface area contributed by atoms with E-state index in [1.54, 1.807) is 12.1 Å². The molecule has 0 amide bonds. The van der Waals surface area contributed by atoms with E-state index in [4.69, 9.17) is 5.26 Å². The SMILES string of the molecule is N#Cc1c(F)cccc1N1CC(C#N)N2CCC1C2. The summed E-state index contributed by atoms with van der Waals surface area (Å²) in [5.41, 5.74) is 0.703. The monoisotopic (exact) mass is 256 g/mol. The third kappa shape index (κ3) is 1.83. The highest BCUT2D eigenvalue weighted by molar-refractivity contribution is 5.61. The van der Waals surface area contributed by atoms with Crippen molar-refractivity contribution in [2.45, 2.75) is 18.5 Å². The number of nitriles is 2. The lowest BCUT2D eigenvalue weighted by atomic mass is 10.1. The fourth-order valence-electron chi connectivity index (χ4n) is 3.04. The maximum Gasteiger partial charge on any atom is 0.143 e. The van der Waals surface area contributed by atoms with Crippen molar-refractivity contribution >= 4 is 5.69 Å². The standard InChI is InChI=1S/C14H13FN4/c15-13-2-1-3-14(12(13)7-17)19-9-11(6-16)18-5-4-10(19)8-18/h1-3,10-11H,4-5,8-9H2. The van der Waals surface area contributed by atoms with Gasteiger partial charge in [0.1, 0.15) is 23.5 Å². The topological polar surface area (TPSA) is 54.1 Å². The van der Waals surface area contributed by atoms with Gasteiger partial charge in [0.05, 0.1) is 11.8 Å². The van der Waals surface area contributed by atoms with E-state index >= 15 is 0 Å². The van der Waals surface area contributed by atoms with Crippen molar-refractivity contribution in [3.63, 3.8) is 0 Å². The highest BCUT2D eigenvalue weighted by Gasteiger charge is 2.39. The van der Waals surface area contributed by atoms with E-state index in [2.05, 4.69) is 11.0 Å². The van der Waals surface area contributed by atoms with Gasteiger partial charge in [0, 0.05) is 25.7 Å². The molecule has 0 N–H and O–H groups in total. The van der Waals surface area contributed by atoms with Gasteiger partial charge in [-0.3, -0.25) is 4.90 Å². The van der Waals surface area contributed by atoms with Crippen molar-refractivity contribution in [3.8, 4) is 12.1 Å². The average molecular weight is 256 g/mol. The first-order valence-electron chi connectivity index (χ1n) is 6.33. The fourth-order valence-corrected chi connectivity index (χ4v) is 3.04. The number of fused-ring (bicyclic) bond motifs is 2. The molecule has 3 atom stereocenters. The molecule has 3 rings (SSSR count). The lowest BCUT2D eigenvalue weighted by Crippen LogP contribution is -2.52. The van der Waals surface area contributed by atoms with Crippen molar-refractivity contribution in [1.29, 1.82) is 10.5 Å². The molecule has 2 saturated heterocycles. The summed E-state index contributed by atoms with van der Waals surface area (Å²) in [7, 11) is 0. The predicted octanol–water partition coefficient (Wildman–Crippen LogP) is 1.48. The van der Waals surface area contributed by atoms with Crippen LogP contribution in [0, 0.1) is 28.5 Å². The average Bonchev–Trinajstić information content (AvgIpc) is 2.83. The van der Waals surface area contributed by atoms with Crippen LogP contribution in [0.3, 0.4) is 0 Å². The molecule has 2 bridgehead atoms. The normalized spacial score (nSPS) is 28.8. The Labute approximate surface area is 111 Å². The van der Waals surface area contributed by atoms with Gasteiger partial charge in [-0.2, -0.15) is 10.5 Å². The molecule has 3 unspecified atom stereocenters. The summed E-state index contributed by atoms with van der Waals surface area (Å²) in [4.78, 5) is 4.19. The maximum atomic E-state index is 13.7. The molecule has 0 radical (unpaired) electrons. The molecule has 0 saturated carbocycles. The van der Waals surface area contributed by atoms with Crippen molar-refractivity contribution in [2.75, 3.05) is 24.5 Å². The Bertz CT molecular complexity index is 586. The van der Waals surface area contributed by atoms with Gasteiger partial charge in [-0.1, -0.05) is 6.07 Å². The van der Waals surface area contributed by atoms with Crippen LogP contribution in [0.1, 0.15) is 12.0 Å². The summed E-state index contributed by atoms with van der Waals surface area (Å²) < 4.78 is 13.7. The van der Waals surface area contributed by atoms with Gasteiger partial charge in [0.15, 0.2) is 0 Å². The molecule has 0 aliphatic carbocycles. The number of halogens is 1. The summed E-state index contributed by atoms with van der Waals surface area (Å²) in [6.45, 7) is 2.26. The number of piperazine rings is 1. The van der Waals surface area contributed by atoms with Crippen LogP contribution in [-0.4, -0.2) is 36.6 Å². The Morgan fingerprint density at radius 2 is 2.11 bits per heavy atom. The van der Waals surface area contributed by atoms with Crippen LogP contribution < -0.4 is 4.90 Å². The molecule has 2 heterocycles. The van der Waals surface area contributed by atoms with Crippen molar-refractivity contribution in [3.05, 3.63) is 29.6 Å². The summed E-state index contributed by atoms with van der Waals surface area (Å²) >= 11 is 0. The molecule has 0 aromatic heterocycles. The van der Waals surface area contributed by atoms with Gasteiger partial charge < -0.3 is 4.90 Å². The van der Waals surface area contributed by atoms with Gasteiger partial charge >= 0.3 is 0 Å². The minimum atomic E-state index is -0.492. The smallest absolute Gasteiger partial charge is 0.143 e. The molecule has 96 valence electrons. The molecule has 19 heavy (non-hydrogen) atoms. The lowest BCUT2D eigenvalue weighted by Gasteiger charge is -2.39. The number of rotatable bonds is 1. The first kappa shape index (κ1) is 12.0.